The van der Waals surface area contributed by atoms with Gasteiger partial charge >= 0.3 is 0 Å². The zero-order valence-electron chi connectivity index (χ0n) is 16.2. The minimum absolute atomic E-state index is 0.263. The van der Waals surface area contributed by atoms with Crippen molar-refractivity contribution in [2.45, 2.75) is 19.5 Å². The first-order chi connectivity index (χ1) is 14.3. The zero-order chi connectivity index (χ0) is 19.6. The van der Waals surface area contributed by atoms with Crippen molar-refractivity contribution >= 4 is 11.6 Å². The largest absolute Gasteiger partial charge is 0.496 e. The molecule has 0 amide bonds. The Morgan fingerprint density at radius 3 is 2.97 bits per heavy atom. The minimum Gasteiger partial charge on any atom is -0.496 e. The van der Waals surface area contributed by atoms with E-state index in [-0.39, 0.29) is 6.79 Å². The molecule has 5 rings (SSSR count). The Bertz CT molecular complexity index is 1040. The molecule has 0 saturated carbocycles. The fourth-order valence-electron chi connectivity index (χ4n) is 3.75. The van der Waals surface area contributed by atoms with E-state index in [1.807, 2.05) is 42.6 Å². The summed E-state index contributed by atoms with van der Waals surface area (Å²) in [4.78, 5) is 11.6. The maximum absolute atomic E-state index is 5.48. The topological polar surface area (TPSA) is 68.7 Å². The van der Waals surface area contributed by atoms with Crippen LogP contribution < -0.4 is 19.5 Å². The Kier molecular flexibility index (Phi) is 4.65. The van der Waals surface area contributed by atoms with E-state index in [1.165, 1.54) is 11.1 Å². The van der Waals surface area contributed by atoms with Crippen LogP contribution >= 0.6 is 0 Å². The fourth-order valence-corrected chi connectivity index (χ4v) is 3.75. The quantitative estimate of drug-likeness (QED) is 0.715. The number of rotatable bonds is 5. The number of fused-ring (bicyclic) bond motifs is 2. The van der Waals surface area contributed by atoms with Gasteiger partial charge in [0.15, 0.2) is 11.5 Å². The van der Waals surface area contributed by atoms with E-state index < -0.39 is 0 Å². The molecule has 7 heteroatoms. The second-order valence-corrected chi connectivity index (χ2v) is 7.13. The second-order valence-electron chi connectivity index (χ2n) is 7.13. The number of hydrogen-bond donors (Lipinski definition) is 1. The third-order valence-electron chi connectivity index (χ3n) is 5.23. The summed E-state index contributed by atoms with van der Waals surface area (Å²) < 4.78 is 16.3. The van der Waals surface area contributed by atoms with Crippen molar-refractivity contribution in [3.63, 3.8) is 0 Å². The Morgan fingerprint density at radius 2 is 2.03 bits per heavy atom. The van der Waals surface area contributed by atoms with Gasteiger partial charge < -0.3 is 19.5 Å². The van der Waals surface area contributed by atoms with E-state index in [4.69, 9.17) is 19.2 Å². The molecule has 0 saturated heterocycles. The van der Waals surface area contributed by atoms with Gasteiger partial charge in [-0.15, -0.1) is 0 Å². The van der Waals surface area contributed by atoms with Crippen molar-refractivity contribution in [2.24, 2.45) is 0 Å². The molecule has 0 fully saturated rings. The molecular weight excluding hydrogens is 368 g/mol. The molecule has 2 aliphatic rings. The molecular formula is C22H22N4O3. The van der Waals surface area contributed by atoms with E-state index in [2.05, 4.69) is 21.3 Å². The first-order valence-electron chi connectivity index (χ1n) is 9.64. The smallest absolute Gasteiger partial charge is 0.231 e. The van der Waals surface area contributed by atoms with Crippen LogP contribution in [0.25, 0.3) is 0 Å². The van der Waals surface area contributed by atoms with Crippen molar-refractivity contribution in [1.29, 1.82) is 0 Å². The van der Waals surface area contributed by atoms with Crippen LogP contribution in [0.5, 0.6) is 17.2 Å². The zero-order valence-corrected chi connectivity index (χ0v) is 16.2. The predicted octanol–water partition coefficient (Wildman–Crippen LogP) is 3.52. The summed E-state index contributed by atoms with van der Waals surface area (Å²) in [6, 6.07) is 13.9. The van der Waals surface area contributed by atoms with Crippen LogP contribution in [-0.2, 0) is 19.5 Å². The summed E-state index contributed by atoms with van der Waals surface area (Å²) in [5.74, 6) is 3.02. The molecule has 7 nitrogen and oxygen atoms in total. The molecule has 0 bridgehead atoms. The van der Waals surface area contributed by atoms with Crippen LogP contribution in [0.3, 0.4) is 0 Å². The maximum Gasteiger partial charge on any atom is 0.231 e. The Balaban J connectivity index is 1.28. The van der Waals surface area contributed by atoms with Crippen molar-refractivity contribution < 1.29 is 14.2 Å². The van der Waals surface area contributed by atoms with E-state index in [9.17, 15) is 0 Å². The Labute approximate surface area is 169 Å². The average molecular weight is 390 g/mol. The molecule has 2 aliphatic heterocycles. The van der Waals surface area contributed by atoms with Crippen LogP contribution in [-0.4, -0.2) is 35.3 Å². The molecule has 2 aromatic carbocycles. The summed E-state index contributed by atoms with van der Waals surface area (Å²) in [5, 5.41) is 3.26. The van der Waals surface area contributed by atoms with Gasteiger partial charge in [-0.05, 0) is 18.2 Å². The number of benzene rings is 2. The van der Waals surface area contributed by atoms with Crippen LogP contribution in [0.4, 0.5) is 11.6 Å². The number of hydrogen-bond acceptors (Lipinski definition) is 7. The molecule has 0 spiro atoms. The lowest BCUT2D eigenvalue weighted by Crippen LogP contribution is -2.31. The van der Waals surface area contributed by atoms with Gasteiger partial charge in [-0.1, -0.05) is 18.2 Å². The highest BCUT2D eigenvalue weighted by Crippen LogP contribution is 2.35. The molecule has 0 aliphatic carbocycles. The summed E-state index contributed by atoms with van der Waals surface area (Å²) in [6.45, 7) is 2.89. The number of nitrogens with zero attached hydrogens (tertiary/aromatic N) is 3. The molecule has 1 aromatic heterocycles. The summed E-state index contributed by atoms with van der Waals surface area (Å²) in [5.41, 5.74) is 4.34. The monoisotopic (exact) mass is 390 g/mol. The Morgan fingerprint density at radius 1 is 1.14 bits per heavy atom. The Hall–Kier alpha value is -3.32. The lowest BCUT2D eigenvalue weighted by atomic mass is 10.1. The fraction of sp³-hybridized carbons (Fsp3) is 0.273. The van der Waals surface area contributed by atoms with Crippen LogP contribution in [0, 0.1) is 0 Å². The molecule has 29 heavy (non-hydrogen) atoms. The van der Waals surface area contributed by atoms with Gasteiger partial charge in [0.2, 0.25) is 12.7 Å². The number of para-hydroxylation sites is 1. The molecule has 0 atom stereocenters. The molecule has 3 aromatic rings. The number of anilines is 2. The van der Waals surface area contributed by atoms with Crippen LogP contribution in [0.15, 0.2) is 48.7 Å². The van der Waals surface area contributed by atoms with E-state index in [1.54, 1.807) is 7.11 Å². The lowest BCUT2D eigenvalue weighted by Gasteiger charge is -2.28. The molecule has 0 radical (unpaired) electrons. The van der Waals surface area contributed by atoms with Gasteiger partial charge in [0.1, 0.15) is 5.75 Å². The highest BCUT2D eigenvalue weighted by Gasteiger charge is 2.20. The number of nitrogens with one attached hydrogen (secondary N) is 1. The van der Waals surface area contributed by atoms with Crippen LogP contribution in [0.2, 0.25) is 0 Å². The summed E-state index contributed by atoms with van der Waals surface area (Å²) in [7, 11) is 1.72. The third-order valence-corrected chi connectivity index (χ3v) is 5.23. The molecule has 1 N–H and O–H groups in total. The van der Waals surface area contributed by atoms with Crippen molar-refractivity contribution in [3.8, 4) is 17.2 Å². The van der Waals surface area contributed by atoms with E-state index >= 15 is 0 Å². The minimum atomic E-state index is 0.263. The highest BCUT2D eigenvalue weighted by atomic mass is 16.7. The normalized spacial score (nSPS) is 15.1. The third kappa shape index (κ3) is 3.69. The molecule has 0 unspecified atom stereocenters. The van der Waals surface area contributed by atoms with Crippen molar-refractivity contribution in [2.75, 3.05) is 25.8 Å². The second kappa shape index (κ2) is 7.60. The first-order valence-corrected chi connectivity index (χ1v) is 9.64. The lowest BCUT2D eigenvalue weighted by molar-refractivity contribution is 0.174. The molecule has 3 heterocycles. The first kappa shape index (κ1) is 17.8. The average Bonchev–Trinajstić information content (AvgIpc) is 3.22. The maximum atomic E-state index is 5.48. The standard InChI is InChI=1S/C22H22N4O3/c1-27-19-5-3-2-4-15(19)12-26-9-8-18-16(13-26)11-23-22(25-18)24-17-6-7-20-21(10-17)29-14-28-20/h2-7,10-11H,8-9,12-14H2,1H3,(H,23,24,25). The molecule has 148 valence electrons. The van der Waals surface area contributed by atoms with E-state index in [0.29, 0.717) is 5.95 Å². The van der Waals surface area contributed by atoms with Gasteiger partial charge in [-0.25, -0.2) is 9.97 Å². The number of aromatic nitrogens is 2. The van der Waals surface area contributed by atoms with Gasteiger partial charge in [0, 0.05) is 55.1 Å². The highest BCUT2D eigenvalue weighted by molar-refractivity contribution is 5.60. The number of methoxy groups -OCH3 is 1. The van der Waals surface area contributed by atoms with Gasteiger partial charge in [-0.3, -0.25) is 4.90 Å². The predicted molar refractivity (Wildman–Crippen MR) is 109 cm³/mol. The van der Waals surface area contributed by atoms with Gasteiger partial charge in [-0.2, -0.15) is 0 Å². The summed E-state index contributed by atoms with van der Waals surface area (Å²) >= 11 is 0. The van der Waals surface area contributed by atoms with Crippen molar-refractivity contribution in [1.82, 2.24) is 14.9 Å². The van der Waals surface area contributed by atoms with Gasteiger partial charge in [0.25, 0.3) is 0 Å². The van der Waals surface area contributed by atoms with E-state index in [0.717, 1.165) is 54.7 Å². The van der Waals surface area contributed by atoms with Gasteiger partial charge in [0.05, 0.1) is 12.8 Å². The SMILES string of the molecule is COc1ccccc1CN1CCc2nc(Nc3ccc4c(c3)OCO4)ncc2C1. The van der Waals surface area contributed by atoms with Crippen molar-refractivity contribution in [3.05, 3.63) is 65.5 Å². The summed E-state index contributed by atoms with van der Waals surface area (Å²) in [6.07, 6.45) is 2.81. The van der Waals surface area contributed by atoms with Crippen LogP contribution in [0.1, 0.15) is 16.8 Å². The number of ether oxygens (including phenoxy) is 3.